The van der Waals surface area contributed by atoms with Gasteiger partial charge in [-0.3, -0.25) is 4.79 Å². The second kappa shape index (κ2) is 10.5. The lowest BCUT2D eigenvalue weighted by Gasteiger charge is -2.35. The maximum Gasteiger partial charge on any atom is 0.286 e. The average Bonchev–Trinajstić information content (AvgIpc) is 2.65. The van der Waals surface area contributed by atoms with Crippen molar-refractivity contribution in [3.8, 4) is 0 Å². The normalized spacial score (nSPS) is 19.9. The van der Waals surface area contributed by atoms with Crippen LogP contribution in [-0.4, -0.2) is 37.1 Å². The lowest BCUT2D eigenvalue weighted by molar-refractivity contribution is -0.153. The topological polar surface area (TPSA) is 67.8 Å². The van der Waals surface area contributed by atoms with Gasteiger partial charge in [0.2, 0.25) is 6.29 Å². The zero-order valence-electron chi connectivity index (χ0n) is 16.7. The van der Waals surface area contributed by atoms with Gasteiger partial charge in [-0.15, -0.1) is 0 Å². The predicted octanol–water partition coefficient (Wildman–Crippen LogP) is 3.43. The largest absolute Gasteiger partial charge is 0.459 e. The average molecular weight is 376 g/mol. The molecule has 0 saturated heterocycles. The summed E-state index contributed by atoms with van der Waals surface area (Å²) in [6.45, 7) is 7.72. The Morgan fingerprint density at radius 2 is 2.00 bits per heavy atom. The first kappa shape index (κ1) is 21.5. The second-order valence-corrected chi connectivity index (χ2v) is 8.08. The SMILES string of the molecule is CC(C)(C)[C@H]1C=C(C(=O)NCCc2ccccc2)O[C@@H](OCCCCO)C1. The van der Waals surface area contributed by atoms with Crippen molar-refractivity contribution in [2.75, 3.05) is 19.8 Å². The van der Waals surface area contributed by atoms with E-state index in [2.05, 4.69) is 38.2 Å². The Morgan fingerprint density at radius 3 is 2.67 bits per heavy atom. The third-order valence-corrected chi connectivity index (χ3v) is 4.79. The molecule has 0 bridgehead atoms. The summed E-state index contributed by atoms with van der Waals surface area (Å²) in [5, 5.41) is 11.8. The molecule has 150 valence electrons. The number of amides is 1. The molecule has 1 amide bonds. The van der Waals surface area contributed by atoms with Crippen molar-refractivity contribution in [3.05, 3.63) is 47.7 Å². The maximum absolute atomic E-state index is 12.6. The molecule has 2 N–H and O–H groups in total. The summed E-state index contributed by atoms with van der Waals surface area (Å²) < 4.78 is 11.6. The summed E-state index contributed by atoms with van der Waals surface area (Å²) in [6.07, 6.45) is 4.50. The summed E-state index contributed by atoms with van der Waals surface area (Å²) >= 11 is 0. The Balaban J connectivity index is 1.92. The molecule has 1 aliphatic heterocycles. The van der Waals surface area contributed by atoms with E-state index in [1.54, 1.807) is 0 Å². The van der Waals surface area contributed by atoms with E-state index in [1.165, 1.54) is 5.56 Å². The smallest absolute Gasteiger partial charge is 0.286 e. The standard InChI is InChI=1S/C22H33NO4/c1-22(2,3)18-15-19(27-20(16-18)26-14-8-7-13-24)21(25)23-12-11-17-9-5-4-6-10-17/h4-6,9-10,15,18,20,24H,7-8,11-14,16H2,1-3H3,(H,23,25)/t18-,20+/m0/s1. The Labute approximate surface area is 162 Å². The van der Waals surface area contributed by atoms with Gasteiger partial charge in [0.25, 0.3) is 5.91 Å². The van der Waals surface area contributed by atoms with E-state index in [0.29, 0.717) is 25.3 Å². The van der Waals surface area contributed by atoms with E-state index in [4.69, 9.17) is 14.6 Å². The van der Waals surface area contributed by atoms with Crippen LogP contribution < -0.4 is 5.32 Å². The summed E-state index contributed by atoms with van der Waals surface area (Å²) in [6, 6.07) is 10.1. The van der Waals surface area contributed by atoms with Gasteiger partial charge in [-0.2, -0.15) is 0 Å². The molecule has 0 aliphatic carbocycles. The summed E-state index contributed by atoms with van der Waals surface area (Å²) in [5.74, 6) is 0.356. The van der Waals surface area contributed by atoms with Crippen LogP contribution in [0, 0.1) is 11.3 Å². The molecule has 1 aromatic rings. The number of rotatable bonds is 9. The van der Waals surface area contributed by atoms with Crippen molar-refractivity contribution in [2.45, 2.75) is 52.7 Å². The van der Waals surface area contributed by atoms with Crippen LogP contribution in [-0.2, 0) is 20.7 Å². The van der Waals surface area contributed by atoms with Crippen LogP contribution in [0.1, 0.15) is 45.6 Å². The van der Waals surface area contributed by atoms with E-state index in [9.17, 15) is 4.79 Å². The van der Waals surface area contributed by atoms with Gasteiger partial charge in [-0.05, 0) is 42.2 Å². The highest BCUT2D eigenvalue weighted by Crippen LogP contribution is 2.36. The minimum atomic E-state index is -0.423. The van der Waals surface area contributed by atoms with Gasteiger partial charge < -0.3 is 19.9 Å². The minimum absolute atomic E-state index is 0.0199. The molecule has 0 fully saturated rings. The van der Waals surface area contributed by atoms with Gasteiger partial charge in [0.1, 0.15) is 0 Å². The lowest BCUT2D eigenvalue weighted by Crippen LogP contribution is -2.37. The molecule has 1 aliphatic rings. The molecular formula is C22H33NO4. The van der Waals surface area contributed by atoms with Crippen LogP contribution in [0.25, 0.3) is 0 Å². The Hall–Kier alpha value is -1.85. The molecule has 0 aromatic heterocycles. The predicted molar refractivity (Wildman–Crippen MR) is 106 cm³/mol. The molecule has 1 heterocycles. The quantitative estimate of drug-likeness (QED) is 0.649. The van der Waals surface area contributed by atoms with Crippen LogP contribution >= 0.6 is 0 Å². The number of aliphatic hydroxyl groups excluding tert-OH is 1. The summed E-state index contributed by atoms with van der Waals surface area (Å²) in [7, 11) is 0. The van der Waals surface area contributed by atoms with Crippen molar-refractivity contribution in [1.29, 1.82) is 0 Å². The number of carbonyl (C=O) groups excluding carboxylic acids is 1. The number of unbranched alkanes of at least 4 members (excludes halogenated alkanes) is 1. The Bertz CT molecular complexity index is 606. The van der Waals surface area contributed by atoms with Gasteiger partial charge in [-0.25, -0.2) is 0 Å². The van der Waals surface area contributed by atoms with Crippen LogP contribution in [0.4, 0.5) is 0 Å². The molecule has 5 nitrogen and oxygen atoms in total. The molecule has 0 spiro atoms. The van der Waals surface area contributed by atoms with Crippen molar-refractivity contribution in [1.82, 2.24) is 5.32 Å². The zero-order valence-corrected chi connectivity index (χ0v) is 16.7. The molecule has 0 radical (unpaired) electrons. The van der Waals surface area contributed by atoms with Gasteiger partial charge in [0.05, 0.1) is 6.61 Å². The van der Waals surface area contributed by atoms with Crippen molar-refractivity contribution < 1.29 is 19.4 Å². The first-order valence-electron chi connectivity index (χ1n) is 9.83. The Kier molecular flexibility index (Phi) is 8.32. The summed E-state index contributed by atoms with van der Waals surface area (Å²) in [4.78, 5) is 12.6. The molecule has 5 heteroatoms. The number of nitrogens with one attached hydrogen (secondary N) is 1. The van der Waals surface area contributed by atoms with Crippen molar-refractivity contribution in [3.63, 3.8) is 0 Å². The number of hydrogen-bond donors (Lipinski definition) is 2. The molecule has 2 atom stereocenters. The van der Waals surface area contributed by atoms with Crippen molar-refractivity contribution >= 4 is 5.91 Å². The van der Waals surface area contributed by atoms with Gasteiger partial charge in [0.15, 0.2) is 5.76 Å². The molecular weight excluding hydrogens is 342 g/mol. The van der Waals surface area contributed by atoms with E-state index in [1.807, 2.05) is 24.3 Å². The number of carbonyl (C=O) groups is 1. The van der Waals surface area contributed by atoms with E-state index in [0.717, 1.165) is 19.3 Å². The highest BCUT2D eigenvalue weighted by atomic mass is 16.7. The van der Waals surface area contributed by atoms with Crippen LogP contribution in [0.3, 0.4) is 0 Å². The zero-order chi connectivity index (χ0) is 19.7. The van der Waals surface area contributed by atoms with E-state index >= 15 is 0 Å². The fourth-order valence-electron chi connectivity index (χ4n) is 3.00. The third kappa shape index (κ3) is 7.35. The van der Waals surface area contributed by atoms with E-state index < -0.39 is 6.29 Å². The van der Waals surface area contributed by atoms with Gasteiger partial charge >= 0.3 is 0 Å². The van der Waals surface area contributed by atoms with Crippen LogP contribution in [0.5, 0.6) is 0 Å². The lowest BCUT2D eigenvalue weighted by atomic mass is 9.77. The third-order valence-electron chi connectivity index (χ3n) is 4.79. The Morgan fingerprint density at radius 1 is 1.26 bits per heavy atom. The number of allylic oxidation sites excluding steroid dienone is 1. The summed E-state index contributed by atoms with van der Waals surface area (Å²) in [5.41, 5.74) is 1.21. The number of ether oxygens (including phenoxy) is 2. The minimum Gasteiger partial charge on any atom is -0.459 e. The molecule has 1 aromatic carbocycles. The molecule has 0 unspecified atom stereocenters. The van der Waals surface area contributed by atoms with Crippen molar-refractivity contribution in [2.24, 2.45) is 11.3 Å². The molecule has 27 heavy (non-hydrogen) atoms. The molecule has 0 saturated carbocycles. The van der Waals surface area contributed by atoms with E-state index in [-0.39, 0.29) is 23.8 Å². The monoisotopic (exact) mass is 375 g/mol. The van der Waals surface area contributed by atoms with Crippen LogP contribution in [0.2, 0.25) is 0 Å². The highest BCUT2D eigenvalue weighted by molar-refractivity contribution is 5.91. The van der Waals surface area contributed by atoms with Gasteiger partial charge in [0, 0.05) is 19.6 Å². The molecule has 2 rings (SSSR count). The number of benzene rings is 1. The maximum atomic E-state index is 12.6. The second-order valence-electron chi connectivity index (χ2n) is 8.08. The van der Waals surface area contributed by atoms with Crippen LogP contribution in [0.15, 0.2) is 42.2 Å². The fourth-order valence-corrected chi connectivity index (χ4v) is 3.00. The fraction of sp³-hybridized carbons (Fsp3) is 0.591. The van der Waals surface area contributed by atoms with Gasteiger partial charge in [-0.1, -0.05) is 51.1 Å². The number of hydrogen-bond acceptors (Lipinski definition) is 4. The first-order valence-corrected chi connectivity index (χ1v) is 9.83. The number of aliphatic hydroxyl groups is 1. The first-order chi connectivity index (χ1) is 12.9. The highest BCUT2D eigenvalue weighted by Gasteiger charge is 2.33.